The summed E-state index contributed by atoms with van der Waals surface area (Å²) in [7, 11) is -0.903. The molecular weight excluding hydrogens is 219 g/mol. The molecule has 1 atom stereocenters. The van der Waals surface area contributed by atoms with Crippen LogP contribution in [0.25, 0.3) is 0 Å². The molecule has 0 aromatic heterocycles. The molecule has 92 valence electrons. The lowest BCUT2D eigenvalue weighted by molar-refractivity contribution is 0.186. The van der Waals surface area contributed by atoms with E-state index in [2.05, 4.69) is 0 Å². The molecule has 0 saturated heterocycles. The van der Waals surface area contributed by atoms with Crippen LogP contribution in [0.5, 0.6) is 5.75 Å². The van der Waals surface area contributed by atoms with Crippen molar-refractivity contribution in [2.75, 3.05) is 13.2 Å². The first-order valence-electron chi connectivity index (χ1n) is 5.98. The summed E-state index contributed by atoms with van der Waals surface area (Å²) in [6, 6.07) is 5.68. The molecule has 4 nitrogen and oxygen atoms in total. The van der Waals surface area contributed by atoms with Gasteiger partial charge in [0.25, 0.3) is 0 Å². The Morgan fingerprint density at radius 3 is 3.00 bits per heavy atom. The lowest BCUT2D eigenvalue weighted by Gasteiger charge is -2.11. The van der Waals surface area contributed by atoms with E-state index in [1.165, 1.54) is 0 Å². The van der Waals surface area contributed by atoms with E-state index in [0.29, 0.717) is 18.8 Å². The number of hydrogen-bond acceptors (Lipinski definition) is 4. The SMILES string of the molecule is CC[C@H]1OB(O)c2c(OCCCO)cccc21. The summed E-state index contributed by atoms with van der Waals surface area (Å²) >= 11 is 0. The molecule has 0 bridgehead atoms. The van der Waals surface area contributed by atoms with Crippen LogP contribution >= 0.6 is 0 Å². The van der Waals surface area contributed by atoms with E-state index in [4.69, 9.17) is 14.5 Å². The van der Waals surface area contributed by atoms with Gasteiger partial charge in [0.15, 0.2) is 0 Å². The van der Waals surface area contributed by atoms with Crippen LogP contribution in [-0.2, 0) is 4.65 Å². The molecular formula is C12H17BO4. The second kappa shape index (κ2) is 5.53. The Balaban J connectivity index is 2.21. The average Bonchev–Trinajstić information content (AvgIpc) is 2.68. The summed E-state index contributed by atoms with van der Waals surface area (Å²) in [5.74, 6) is 0.652. The Hall–Kier alpha value is -1.04. The van der Waals surface area contributed by atoms with Crippen LogP contribution in [0.2, 0.25) is 0 Å². The van der Waals surface area contributed by atoms with Gasteiger partial charge in [-0.3, -0.25) is 0 Å². The van der Waals surface area contributed by atoms with Crippen molar-refractivity contribution in [1.82, 2.24) is 0 Å². The third-order valence-corrected chi connectivity index (χ3v) is 2.92. The van der Waals surface area contributed by atoms with Crippen LogP contribution in [0.3, 0.4) is 0 Å². The van der Waals surface area contributed by atoms with Gasteiger partial charge in [-0.2, -0.15) is 0 Å². The van der Waals surface area contributed by atoms with Crippen molar-refractivity contribution in [1.29, 1.82) is 0 Å². The quantitative estimate of drug-likeness (QED) is 0.581. The standard InChI is InChI=1S/C12H17BO4/c1-2-10-9-5-3-6-11(16-8-4-7-14)12(9)13(15)17-10/h3,5-6,10,14-15H,2,4,7-8H2,1H3/t10-/m1/s1. The van der Waals surface area contributed by atoms with Gasteiger partial charge in [0.2, 0.25) is 0 Å². The Morgan fingerprint density at radius 2 is 2.29 bits per heavy atom. The van der Waals surface area contributed by atoms with Crippen molar-refractivity contribution in [3.63, 3.8) is 0 Å². The zero-order chi connectivity index (χ0) is 12.3. The largest absolute Gasteiger partial charge is 0.495 e. The summed E-state index contributed by atoms with van der Waals surface area (Å²) in [5.41, 5.74) is 1.73. The maximum atomic E-state index is 9.87. The summed E-state index contributed by atoms with van der Waals surface area (Å²) in [5, 5.41) is 18.6. The highest BCUT2D eigenvalue weighted by atomic mass is 16.5. The number of rotatable bonds is 5. The summed E-state index contributed by atoms with van der Waals surface area (Å²) in [4.78, 5) is 0. The van der Waals surface area contributed by atoms with Crippen LogP contribution in [0.15, 0.2) is 18.2 Å². The predicted molar refractivity (Wildman–Crippen MR) is 65.4 cm³/mol. The molecule has 17 heavy (non-hydrogen) atoms. The molecule has 2 rings (SSSR count). The number of aliphatic hydroxyl groups excluding tert-OH is 1. The highest BCUT2D eigenvalue weighted by Gasteiger charge is 2.36. The fourth-order valence-electron chi connectivity index (χ4n) is 2.09. The number of fused-ring (bicyclic) bond motifs is 1. The Labute approximate surface area is 101 Å². The van der Waals surface area contributed by atoms with Gasteiger partial charge in [-0.1, -0.05) is 19.1 Å². The molecule has 0 unspecified atom stereocenters. The molecule has 1 aliphatic rings. The minimum absolute atomic E-state index is 0.0543. The van der Waals surface area contributed by atoms with Gasteiger partial charge in [-0.05, 0) is 18.1 Å². The van der Waals surface area contributed by atoms with Crippen LogP contribution < -0.4 is 10.2 Å². The number of benzene rings is 1. The molecule has 1 aromatic carbocycles. The second-order valence-electron chi connectivity index (χ2n) is 4.07. The molecule has 1 aromatic rings. The zero-order valence-electron chi connectivity index (χ0n) is 9.93. The number of ether oxygens (including phenoxy) is 1. The monoisotopic (exact) mass is 236 g/mol. The maximum Gasteiger partial charge on any atom is 0.495 e. The van der Waals surface area contributed by atoms with Gasteiger partial charge >= 0.3 is 7.12 Å². The minimum Gasteiger partial charge on any atom is -0.494 e. The van der Waals surface area contributed by atoms with Crippen LogP contribution in [0.4, 0.5) is 0 Å². The highest BCUT2D eigenvalue weighted by Crippen LogP contribution is 2.29. The second-order valence-corrected chi connectivity index (χ2v) is 4.07. The van der Waals surface area contributed by atoms with Crippen LogP contribution in [-0.4, -0.2) is 30.5 Å². The lowest BCUT2D eigenvalue weighted by Crippen LogP contribution is -2.30. The van der Waals surface area contributed by atoms with Crippen molar-refractivity contribution in [2.45, 2.75) is 25.9 Å². The average molecular weight is 236 g/mol. The Kier molecular flexibility index (Phi) is 4.04. The zero-order valence-corrected chi connectivity index (χ0v) is 9.93. The predicted octanol–water partition coefficient (Wildman–Crippen LogP) is 0.617. The van der Waals surface area contributed by atoms with Gasteiger partial charge in [-0.15, -0.1) is 0 Å². The third-order valence-electron chi connectivity index (χ3n) is 2.92. The third kappa shape index (κ3) is 2.46. The molecule has 0 aliphatic carbocycles. The smallest absolute Gasteiger partial charge is 0.494 e. The maximum absolute atomic E-state index is 9.87. The van der Waals surface area contributed by atoms with Crippen molar-refractivity contribution < 1.29 is 19.5 Å². The van der Waals surface area contributed by atoms with E-state index in [9.17, 15) is 5.02 Å². The lowest BCUT2D eigenvalue weighted by atomic mass is 9.78. The number of hydrogen-bond donors (Lipinski definition) is 2. The van der Waals surface area contributed by atoms with Gasteiger partial charge in [0, 0.05) is 18.5 Å². The minimum atomic E-state index is -0.903. The van der Waals surface area contributed by atoms with Crippen molar-refractivity contribution in [3.05, 3.63) is 23.8 Å². The molecule has 1 aliphatic heterocycles. The van der Waals surface area contributed by atoms with Crippen LogP contribution in [0, 0.1) is 0 Å². The summed E-state index contributed by atoms with van der Waals surface area (Å²) in [6.07, 6.45) is 1.35. The highest BCUT2D eigenvalue weighted by molar-refractivity contribution is 6.62. The molecule has 5 heteroatoms. The molecule has 1 heterocycles. The first-order valence-corrected chi connectivity index (χ1v) is 5.98. The Bertz CT molecular complexity index is 383. The summed E-state index contributed by atoms with van der Waals surface area (Å²) < 4.78 is 11.0. The molecule has 0 amide bonds. The van der Waals surface area contributed by atoms with E-state index >= 15 is 0 Å². The molecule has 2 N–H and O–H groups in total. The fraction of sp³-hybridized carbons (Fsp3) is 0.500. The van der Waals surface area contributed by atoms with Gasteiger partial charge in [0.1, 0.15) is 5.75 Å². The van der Waals surface area contributed by atoms with Crippen molar-refractivity contribution in [3.8, 4) is 5.75 Å². The number of aliphatic hydroxyl groups is 1. The Morgan fingerprint density at radius 1 is 1.47 bits per heavy atom. The van der Waals surface area contributed by atoms with Gasteiger partial charge in [-0.25, -0.2) is 0 Å². The molecule has 0 fully saturated rings. The molecule has 0 saturated carbocycles. The van der Waals surface area contributed by atoms with Crippen LogP contribution in [0.1, 0.15) is 31.4 Å². The van der Waals surface area contributed by atoms with E-state index in [0.717, 1.165) is 17.4 Å². The van der Waals surface area contributed by atoms with E-state index in [-0.39, 0.29) is 12.7 Å². The van der Waals surface area contributed by atoms with E-state index in [1.54, 1.807) is 0 Å². The molecule has 0 radical (unpaired) electrons. The van der Waals surface area contributed by atoms with Gasteiger partial charge < -0.3 is 19.5 Å². The molecule has 0 spiro atoms. The van der Waals surface area contributed by atoms with E-state index in [1.807, 2.05) is 25.1 Å². The summed E-state index contributed by atoms with van der Waals surface area (Å²) in [6.45, 7) is 2.56. The van der Waals surface area contributed by atoms with Gasteiger partial charge in [0.05, 0.1) is 12.7 Å². The normalized spacial score (nSPS) is 18.3. The topological polar surface area (TPSA) is 58.9 Å². The van der Waals surface area contributed by atoms with Crippen molar-refractivity contribution >= 4 is 12.6 Å². The van der Waals surface area contributed by atoms with E-state index < -0.39 is 7.12 Å². The fourth-order valence-corrected chi connectivity index (χ4v) is 2.09. The first-order chi connectivity index (χ1) is 8.27. The van der Waals surface area contributed by atoms with Crippen molar-refractivity contribution in [2.24, 2.45) is 0 Å². The first kappa shape index (κ1) is 12.4.